The summed E-state index contributed by atoms with van der Waals surface area (Å²) in [6, 6.07) is 13.4. The van der Waals surface area contributed by atoms with Crippen LogP contribution in [0, 0.1) is 6.92 Å². The highest BCUT2D eigenvalue weighted by atomic mass is 32.1. The van der Waals surface area contributed by atoms with E-state index < -0.39 is 5.97 Å². The number of aromatic nitrogens is 1. The Balaban J connectivity index is 1.89. The summed E-state index contributed by atoms with van der Waals surface area (Å²) in [5.41, 5.74) is 3.07. The van der Waals surface area contributed by atoms with Crippen molar-refractivity contribution >= 4 is 29.5 Å². The molecule has 36 heavy (non-hydrogen) atoms. The second-order valence-electron chi connectivity index (χ2n) is 8.27. The van der Waals surface area contributed by atoms with E-state index in [4.69, 9.17) is 9.47 Å². The van der Waals surface area contributed by atoms with Crippen molar-refractivity contribution in [1.82, 2.24) is 9.88 Å². The smallest absolute Gasteiger partial charge is 0.358 e. The van der Waals surface area contributed by atoms with Gasteiger partial charge in [-0.1, -0.05) is 37.3 Å². The number of thiazole rings is 1. The van der Waals surface area contributed by atoms with Crippen molar-refractivity contribution in [1.29, 1.82) is 0 Å². The van der Waals surface area contributed by atoms with Gasteiger partial charge in [0.25, 0.3) is 5.91 Å². The molecular formula is C28H32N2O5S. The topological polar surface area (TPSA) is 85.8 Å². The fourth-order valence-corrected chi connectivity index (χ4v) is 5.02. The molecule has 0 spiro atoms. The largest absolute Gasteiger partial charge is 0.496 e. The highest BCUT2D eigenvalue weighted by Crippen LogP contribution is 2.27. The fraction of sp³-hybridized carbons (Fsp3) is 0.357. The van der Waals surface area contributed by atoms with E-state index in [1.54, 1.807) is 24.0 Å². The third-order valence-corrected chi connectivity index (χ3v) is 6.81. The van der Waals surface area contributed by atoms with E-state index >= 15 is 0 Å². The van der Waals surface area contributed by atoms with Gasteiger partial charge >= 0.3 is 5.97 Å². The minimum Gasteiger partial charge on any atom is -0.496 e. The molecule has 0 N–H and O–H groups in total. The zero-order valence-electron chi connectivity index (χ0n) is 21.2. The Hall–Kier alpha value is -3.52. The monoisotopic (exact) mass is 508 g/mol. The van der Waals surface area contributed by atoms with Crippen molar-refractivity contribution in [3.05, 3.63) is 80.3 Å². The molecule has 1 amide bonds. The van der Waals surface area contributed by atoms with E-state index in [0.717, 1.165) is 29.6 Å². The first-order valence-corrected chi connectivity index (χ1v) is 12.9. The number of carbonyl (C=O) groups is 3. The van der Waals surface area contributed by atoms with Crippen LogP contribution in [0.2, 0.25) is 0 Å². The predicted octanol–water partition coefficient (Wildman–Crippen LogP) is 5.29. The average molecular weight is 509 g/mol. The van der Waals surface area contributed by atoms with Gasteiger partial charge in [0, 0.05) is 28.1 Å². The van der Waals surface area contributed by atoms with Gasteiger partial charge in [-0.25, -0.2) is 9.78 Å². The molecule has 0 saturated heterocycles. The van der Waals surface area contributed by atoms with E-state index in [9.17, 15) is 14.4 Å². The molecule has 0 atom stereocenters. The van der Waals surface area contributed by atoms with Crippen molar-refractivity contribution < 1.29 is 23.9 Å². The van der Waals surface area contributed by atoms with Crippen LogP contribution in [0.5, 0.6) is 5.75 Å². The first-order chi connectivity index (χ1) is 17.4. The Morgan fingerprint density at radius 1 is 1.14 bits per heavy atom. The first kappa shape index (κ1) is 27.1. The molecule has 0 fully saturated rings. The third kappa shape index (κ3) is 6.57. The maximum absolute atomic E-state index is 13.7. The minimum absolute atomic E-state index is 0.224. The molecule has 0 radical (unpaired) electrons. The molecule has 7 nitrogen and oxygen atoms in total. The van der Waals surface area contributed by atoms with Crippen LogP contribution in [-0.2, 0) is 24.1 Å². The van der Waals surface area contributed by atoms with Crippen LogP contribution in [0.1, 0.15) is 72.5 Å². The maximum atomic E-state index is 13.7. The number of ether oxygens (including phenoxy) is 2. The van der Waals surface area contributed by atoms with Gasteiger partial charge in [0.2, 0.25) is 0 Å². The number of carbonyl (C=O) groups excluding carboxylic acids is 3. The van der Waals surface area contributed by atoms with Crippen molar-refractivity contribution in [3.63, 3.8) is 0 Å². The molecule has 3 aromatic rings. The molecule has 0 aliphatic heterocycles. The number of aldehydes is 1. The first-order valence-electron chi connectivity index (χ1n) is 12.0. The van der Waals surface area contributed by atoms with Crippen LogP contribution >= 0.6 is 11.3 Å². The number of hydrogen-bond acceptors (Lipinski definition) is 7. The molecule has 2 aromatic carbocycles. The van der Waals surface area contributed by atoms with Gasteiger partial charge in [-0.05, 0) is 50.8 Å². The Kier molecular flexibility index (Phi) is 9.76. The summed E-state index contributed by atoms with van der Waals surface area (Å²) in [4.78, 5) is 44.6. The van der Waals surface area contributed by atoms with Crippen LogP contribution in [0.25, 0.3) is 0 Å². The Labute approximate surface area is 216 Å². The molecule has 0 unspecified atom stereocenters. The van der Waals surface area contributed by atoms with Crippen LogP contribution in [-0.4, -0.2) is 48.3 Å². The summed E-state index contributed by atoms with van der Waals surface area (Å²) in [7, 11) is 1.53. The lowest BCUT2D eigenvalue weighted by Crippen LogP contribution is -2.32. The number of nitrogens with zero attached hydrogens (tertiary/aromatic N) is 2. The van der Waals surface area contributed by atoms with Crippen LogP contribution in [0.4, 0.5) is 0 Å². The zero-order valence-corrected chi connectivity index (χ0v) is 22.0. The number of esters is 1. The van der Waals surface area contributed by atoms with Crippen molar-refractivity contribution in [2.24, 2.45) is 0 Å². The molecule has 0 saturated carbocycles. The second-order valence-corrected chi connectivity index (χ2v) is 9.55. The third-order valence-electron chi connectivity index (χ3n) is 5.85. The average Bonchev–Trinajstić information content (AvgIpc) is 3.27. The predicted molar refractivity (Wildman–Crippen MR) is 140 cm³/mol. The number of aryl methyl sites for hydroxylation is 2. The lowest BCUT2D eigenvalue weighted by Gasteiger charge is -2.23. The molecule has 3 rings (SSSR count). The van der Waals surface area contributed by atoms with Crippen molar-refractivity contribution in [2.45, 2.75) is 46.6 Å². The summed E-state index contributed by atoms with van der Waals surface area (Å²) in [5, 5.41) is 0.649. The maximum Gasteiger partial charge on any atom is 0.358 e. The van der Waals surface area contributed by atoms with Crippen LogP contribution in [0.15, 0.2) is 42.5 Å². The van der Waals surface area contributed by atoms with Gasteiger partial charge in [-0.2, -0.15) is 0 Å². The number of benzene rings is 2. The number of methoxy groups -OCH3 is 1. The van der Waals surface area contributed by atoms with Crippen LogP contribution in [0.3, 0.4) is 0 Å². The zero-order chi connectivity index (χ0) is 26.1. The molecule has 190 valence electrons. The van der Waals surface area contributed by atoms with Crippen molar-refractivity contribution in [2.75, 3.05) is 20.3 Å². The normalized spacial score (nSPS) is 10.7. The standard InChI is InChI=1S/C28H32N2O5S/c1-5-23-22(18-31)15-21(16-24(23)34-4)27(32)30(14-10-13-20-11-8-7-9-12-20)17-25-29-26(19(3)36-25)28(33)35-6-2/h7-9,11-12,15-16,18H,5-6,10,13-14,17H2,1-4H3. The van der Waals surface area contributed by atoms with E-state index in [-0.39, 0.29) is 24.8 Å². The quantitative estimate of drug-likeness (QED) is 0.244. The molecule has 0 bridgehead atoms. The molecule has 1 heterocycles. The summed E-state index contributed by atoms with van der Waals surface area (Å²) in [5.74, 6) is -0.169. The van der Waals surface area contributed by atoms with E-state index in [0.29, 0.717) is 34.8 Å². The highest BCUT2D eigenvalue weighted by molar-refractivity contribution is 7.11. The molecule has 0 aliphatic rings. The lowest BCUT2D eigenvalue weighted by molar-refractivity contribution is 0.0519. The van der Waals surface area contributed by atoms with Gasteiger partial charge < -0.3 is 14.4 Å². The van der Waals surface area contributed by atoms with Crippen molar-refractivity contribution in [3.8, 4) is 5.75 Å². The Bertz CT molecular complexity index is 1210. The highest BCUT2D eigenvalue weighted by Gasteiger charge is 2.23. The Morgan fingerprint density at radius 2 is 1.89 bits per heavy atom. The summed E-state index contributed by atoms with van der Waals surface area (Å²) >= 11 is 1.37. The number of amides is 1. The number of rotatable bonds is 12. The van der Waals surface area contributed by atoms with Gasteiger partial charge in [0.05, 0.1) is 20.3 Å². The summed E-state index contributed by atoms with van der Waals surface area (Å²) in [6.07, 6.45) is 2.93. The fourth-order valence-electron chi connectivity index (χ4n) is 4.08. The molecular weight excluding hydrogens is 476 g/mol. The molecule has 1 aromatic heterocycles. The molecule has 0 aliphatic carbocycles. The lowest BCUT2D eigenvalue weighted by atomic mass is 10.0. The second kappa shape index (κ2) is 13.0. The summed E-state index contributed by atoms with van der Waals surface area (Å²) < 4.78 is 10.6. The minimum atomic E-state index is -0.463. The van der Waals surface area contributed by atoms with Crippen LogP contribution < -0.4 is 4.74 Å². The van der Waals surface area contributed by atoms with Gasteiger partial charge in [-0.15, -0.1) is 11.3 Å². The van der Waals surface area contributed by atoms with E-state index in [2.05, 4.69) is 17.1 Å². The molecule has 8 heteroatoms. The van der Waals surface area contributed by atoms with E-state index in [1.165, 1.54) is 24.0 Å². The number of hydrogen-bond donors (Lipinski definition) is 0. The SMILES string of the molecule is CCOC(=O)c1nc(CN(CCCc2ccccc2)C(=O)c2cc(C=O)c(CC)c(OC)c2)sc1C. The van der Waals surface area contributed by atoms with Gasteiger partial charge in [0.1, 0.15) is 17.0 Å². The van der Waals surface area contributed by atoms with Gasteiger partial charge in [-0.3, -0.25) is 9.59 Å². The Morgan fingerprint density at radius 3 is 2.53 bits per heavy atom. The van der Waals surface area contributed by atoms with E-state index in [1.807, 2.05) is 32.0 Å². The van der Waals surface area contributed by atoms with Gasteiger partial charge in [0.15, 0.2) is 5.69 Å². The summed E-state index contributed by atoms with van der Waals surface area (Å²) in [6.45, 7) is 6.50.